The molecule has 5 nitrogen and oxygen atoms in total. The predicted octanol–water partition coefficient (Wildman–Crippen LogP) is 1.80. The van der Waals surface area contributed by atoms with Gasteiger partial charge in [0, 0.05) is 12.1 Å². The van der Waals surface area contributed by atoms with Gasteiger partial charge in [-0.25, -0.2) is 8.42 Å². The molecule has 1 fully saturated rings. The minimum atomic E-state index is -4.62. The Bertz CT molecular complexity index is 627. The SMILES string of the molecule is O=C(NCCC1CCCNC1)c1ccc(S(=O)(=O)C(F)F)cc1. The summed E-state index contributed by atoms with van der Waals surface area (Å²) in [7, 11) is -4.62. The van der Waals surface area contributed by atoms with Gasteiger partial charge in [0.1, 0.15) is 0 Å². The van der Waals surface area contributed by atoms with Crippen LogP contribution in [0, 0.1) is 5.92 Å². The summed E-state index contributed by atoms with van der Waals surface area (Å²) in [5, 5.41) is 6.07. The first kappa shape index (κ1) is 17.8. The fourth-order valence-corrected chi connectivity index (χ4v) is 3.28. The molecule has 8 heteroatoms. The van der Waals surface area contributed by atoms with Crippen molar-refractivity contribution in [2.75, 3.05) is 19.6 Å². The highest BCUT2D eigenvalue weighted by atomic mass is 32.2. The van der Waals surface area contributed by atoms with Gasteiger partial charge in [0.15, 0.2) is 0 Å². The third kappa shape index (κ3) is 4.71. The second-order valence-corrected chi connectivity index (χ2v) is 7.50. The van der Waals surface area contributed by atoms with Gasteiger partial charge in [-0.05, 0) is 62.5 Å². The molecule has 1 saturated heterocycles. The summed E-state index contributed by atoms with van der Waals surface area (Å²) in [4.78, 5) is 11.5. The van der Waals surface area contributed by atoms with E-state index in [4.69, 9.17) is 0 Å². The average Bonchev–Trinajstić information content (AvgIpc) is 2.55. The summed E-state index contributed by atoms with van der Waals surface area (Å²) in [6, 6.07) is 4.54. The molecule has 128 valence electrons. The van der Waals surface area contributed by atoms with Gasteiger partial charge >= 0.3 is 5.76 Å². The van der Waals surface area contributed by atoms with Crippen molar-refractivity contribution in [1.29, 1.82) is 0 Å². The second kappa shape index (κ2) is 7.83. The second-order valence-electron chi connectivity index (χ2n) is 5.59. The number of nitrogens with one attached hydrogen (secondary N) is 2. The first-order chi connectivity index (χ1) is 10.9. The summed E-state index contributed by atoms with van der Waals surface area (Å²) >= 11 is 0. The van der Waals surface area contributed by atoms with Crippen LogP contribution in [0.5, 0.6) is 0 Å². The maximum absolute atomic E-state index is 12.4. The highest BCUT2D eigenvalue weighted by Crippen LogP contribution is 2.18. The molecule has 1 aromatic rings. The summed E-state index contributed by atoms with van der Waals surface area (Å²) in [6.45, 7) is 2.52. The van der Waals surface area contributed by atoms with Crippen molar-refractivity contribution in [3.05, 3.63) is 29.8 Å². The average molecular weight is 346 g/mol. The fraction of sp³-hybridized carbons (Fsp3) is 0.533. The van der Waals surface area contributed by atoms with E-state index in [-0.39, 0.29) is 11.5 Å². The number of alkyl halides is 2. The Morgan fingerprint density at radius 2 is 2.00 bits per heavy atom. The number of rotatable bonds is 6. The third-order valence-corrected chi connectivity index (χ3v) is 5.32. The summed E-state index contributed by atoms with van der Waals surface area (Å²) in [6.07, 6.45) is 3.15. The van der Waals surface area contributed by atoms with Crippen LogP contribution >= 0.6 is 0 Å². The lowest BCUT2D eigenvalue weighted by molar-refractivity contribution is 0.0950. The zero-order chi connectivity index (χ0) is 16.9. The van der Waals surface area contributed by atoms with Gasteiger partial charge in [0.25, 0.3) is 5.91 Å². The van der Waals surface area contributed by atoms with E-state index >= 15 is 0 Å². The zero-order valence-electron chi connectivity index (χ0n) is 12.6. The molecule has 1 atom stereocenters. The quantitative estimate of drug-likeness (QED) is 0.824. The molecule has 1 unspecified atom stereocenters. The minimum Gasteiger partial charge on any atom is -0.352 e. The van der Waals surface area contributed by atoms with Crippen LogP contribution in [0.1, 0.15) is 29.6 Å². The van der Waals surface area contributed by atoms with Crippen molar-refractivity contribution in [2.45, 2.75) is 29.9 Å². The molecule has 23 heavy (non-hydrogen) atoms. The third-order valence-electron chi connectivity index (χ3n) is 3.92. The highest BCUT2D eigenvalue weighted by Gasteiger charge is 2.26. The number of carbonyl (C=O) groups excluding carboxylic acids is 1. The van der Waals surface area contributed by atoms with E-state index < -0.39 is 20.5 Å². The van der Waals surface area contributed by atoms with Crippen LogP contribution in [-0.4, -0.2) is 39.7 Å². The van der Waals surface area contributed by atoms with E-state index in [1.165, 1.54) is 12.1 Å². The smallest absolute Gasteiger partial charge is 0.341 e. The molecule has 0 spiro atoms. The lowest BCUT2D eigenvalue weighted by Gasteiger charge is -2.22. The van der Waals surface area contributed by atoms with Gasteiger partial charge in [-0.3, -0.25) is 4.79 Å². The van der Waals surface area contributed by atoms with Crippen molar-refractivity contribution in [2.24, 2.45) is 5.92 Å². The van der Waals surface area contributed by atoms with Crippen molar-refractivity contribution in [3.8, 4) is 0 Å². The van der Waals surface area contributed by atoms with E-state index in [1.54, 1.807) is 0 Å². The molecule has 0 radical (unpaired) electrons. The summed E-state index contributed by atoms with van der Waals surface area (Å²) in [5.74, 6) is -3.26. The molecule has 1 aromatic carbocycles. The molecule has 1 heterocycles. The Morgan fingerprint density at radius 1 is 1.30 bits per heavy atom. The molecular weight excluding hydrogens is 326 g/mol. The Kier molecular flexibility index (Phi) is 6.06. The maximum Gasteiger partial charge on any atom is 0.341 e. The van der Waals surface area contributed by atoms with E-state index in [1.807, 2.05) is 0 Å². The number of hydrogen-bond acceptors (Lipinski definition) is 4. The van der Waals surface area contributed by atoms with Crippen LogP contribution in [0.4, 0.5) is 8.78 Å². The molecule has 0 aromatic heterocycles. The van der Waals surface area contributed by atoms with Crippen molar-refractivity contribution in [3.63, 3.8) is 0 Å². The van der Waals surface area contributed by atoms with E-state index in [2.05, 4.69) is 10.6 Å². The van der Waals surface area contributed by atoms with Crippen LogP contribution in [0.2, 0.25) is 0 Å². The van der Waals surface area contributed by atoms with Crippen LogP contribution in [0.15, 0.2) is 29.2 Å². The van der Waals surface area contributed by atoms with Crippen molar-refractivity contribution >= 4 is 15.7 Å². The Morgan fingerprint density at radius 3 is 2.57 bits per heavy atom. The van der Waals surface area contributed by atoms with Crippen LogP contribution in [-0.2, 0) is 9.84 Å². The number of sulfone groups is 1. The standard InChI is InChI=1S/C15H20F2N2O3S/c16-15(17)23(21,22)13-5-3-12(4-6-13)14(20)19-9-7-11-2-1-8-18-10-11/h3-6,11,15,18H,1-2,7-10H2,(H,19,20). The molecular formula is C15H20F2N2O3S. The lowest BCUT2D eigenvalue weighted by Crippen LogP contribution is -2.33. The predicted molar refractivity (Wildman–Crippen MR) is 82.2 cm³/mol. The number of carbonyl (C=O) groups is 1. The van der Waals surface area contributed by atoms with Crippen LogP contribution in [0.3, 0.4) is 0 Å². The highest BCUT2D eigenvalue weighted by molar-refractivity contribution is 7.91. The number of halogens is 2. The van der Waals surface area contributed by atoms with Gasteiger partial charge in [0.2, 0.25) is 9.84 Å². The molecule has 0 aliphatic carbocycles. The molecule has 0 saturated carbocycles. The molecule has 1 amide bonds. The topological polar surface area (TPSA) is 75.3 Å². The van der Waals surface area contributed by atoms with E-state index in [9.17, 15) is 22.0 Å². The van der Waals surface area contributed by atoms with Gasteiger partial charge in [-0.2, -0.15) is 8.78 Å². The van der Waals surface area contributed by atoms with Gasteiger partial charge in [-0.1, -0.05) is 0 Å². The summed E-state index contributed by atoms with van der Waals surface area (Å²) < 4.78 is 47.5. The van der Waals surface area contributed by atoms with Gasteiger partial charge in [-0.15, -0.1) is 0 Å². The number of benzene rings is 1. The Labute approximate surface area is 134 Å². The van der Waals surface area contributed by atoms with Gasteiger partial charge in [0.05, 0.1) is 4.90 Å². The monoisotopic (exact) mass is 346 g/mol. The Hall–Kier alpha value is -1.54. The van der Waals surface area contributed by atoms with Crippen LogP contribution in [0.25, 0.3) is 0 Å². The van der Waals surface area contributed by atoms with E-state index in [0.717, 1.165) is 44.5 Å². The fourth-order valence-electron chi connectivity index (χ4n) is 2.56. The van der Waals surface area contributed by atoms with Crippen LogP contribution < -0.4 is 10.6 Å². The Balaban J connectivity index is 1.87. The molecule has 2 rings (SSSR count). The number of hydrogen-bond donors (Lipinski definition) is 2. The molecule has 1 aliphatic rings. The normalized spacial score (nSPS) is 18.8. The van der Waals surface area contributed by atoms with E-state index in [0.29, 0.717) is 12.5 Å². The van der Waals surface area contributed by atoms with Crippen molar-refractivity contribution < 1.29 is 22.0 Å². The first-order valence-corrected chi connectivity index (χ1v) is 9.07. The molecule has 0 bridgehead atoms. The minimum absolute atomic E-state index is 0.250. The first-order valence-electron chi connectivity index (χ1n) is 7.52. The van der Waals surface area contributed by atoms with Gasteiger partial charge < -0.3 is 10.6 Å². The number of piperidine rings is 1. The molecule has 2 N–H and O–H groups in total. The largest absolute Gasteiger partial charge is 0.352 e. The zero-order valence-corrected chi connectivity index (χ0v) is 13.4. The maximum atomic E-state index is 12.4. The lowest BCUT2D eigenvalue weighted by atomic mass is 9.96. The number of amides is 1. The molecule has 1 aliphatic heterocycles. The summed E-state index contributed by atoms with van der Waals surface area (Å²) in [5.41, 5.74) is 0.250. The van der Waals surface area contributed by atoms with Crippen molar-refractivity contribution in [1.82, 2.24) is 10.6 Å².